The van der Waals surface area contributed by atoms with E-state index in [0.29, 0.717) is 15.6 Å². The van der Waals surface area contributed by atoms with E-state index in [9.17, 15) is 9.90 Å². The third-order valence-corrected chi connectivity index (χ3v) is 5.88. The number of carbonyl (C=O) groups excluding carboxylic acids is 1. The molecule has 1 heterocycles. The molecule has 3 rings (SSSR count). The summed E-state index contributed by atoms with van der Waals surface area (Å²) in [5.41, 5.74) is 1.37. The lowest BCUT2D eigenvalue weighted by Gasteiger charge is -2.03. The van der Waals surface area contributed by atoms with E-state index in [2.05, 4.69) is 71.4 Å². The minimum atomic E-state index is -0.220. The number of amidine groups is 1. The van der Waals surface area contributed by atoms with Gasteiger partial charge in [0.25, 0.3) is 5.91 Å². The number of halogens is 3. The van der Waals surface area contributed by atoms with Crippen molar-refractivity contribution >= 4 is 95.7 Å². The summed E-state index contributed by atoms with van der Waals surface area (Å²) in [6, 6.07) is 11.2. The molecule has 8 heteroatoms. The molecule has 0 aromatic heterocycles. The monoisotopic (exact) mass is 626 g/mol. The van der Waals surface area contributed by atoms with E-state index in [4.69, 9.17) is 0 Å². The fraction of sp³-hybridized carbons (Fsp3) is 0. The van der Waals surface area contributed by atoms with Crippen LogP contribution in [0.25, 0.3) is 6.08 Å². The van der Waals surface area contributed by atoms with Crippen LogP contribution in [0.3, 0.4) is 0 Å². The Labute approximate surface area is 178 Å². The number of phenols is 1. The van der Waals surface area contributed by atoms with Gasteiger partial charge in [-0.05, 0) is 93.4 Å². The van der Waals surface area contributed by atoms with Gasteiger partial charge in [-0.1, -0.05) is 22.0 Å². The van der Waals surface area contributed by atoms with Gasteiger partial charge in [-0.2, -0.15) is 0 Å². The zero-order valence-corrected chi connectivity index (χ0v) is 18.6. The topological polar surface area (TPSA) is 61.7 Å². The summed E-state index contributed by atoms with van der Waals surface area (Å²) in [7, 11) is 0. The fourth-order valence-electron chi connectivity index (χ4n) is 1.98. The van der Waals surface area contributed by atoms with Gasteiger partial charge in [0.1, 0.15) is 5.75 Å². The number of carbonyl (C=O) groups is 1. The largest absolute Gasteiger partial charge is 0.506 e. The number of phenolic OH excluding ortho intramolecular Hbond substituents is 1. The lowest BCUT2D eigenvalue weighted by Crippen LogP contribution is -2.19. The first-order valence-electron chi connectivity index (χ1n) is 6.65. The number of hydrogen-bond acceptors (Lipinski definition) is 4. The molecule has 0 bridgehead atoms. The lowest BCUT2D eigenvalue weighted by molar-refractivity contribution is -0.115. The van der Waals surface area contributed by atoms with Crippen molar-refractivity contribution in [1.29, 1.82) is 0 Å². The molecule has 0 spiro atoms. The Hall–Kier alpha value is -0.590. The maximum atomic E-state index is 12.2. The highest BCUT2D eigenvalue weighted by Gasteiger charge is 2.24. The first kappa shape index (κ1) is 18.2. The van der Waals surface area contributed by atoms with Crippen molar-refractivity contribution in [2.75, 3.05) is 0 Å². The normalized spacial score (nSPS) is 17.5. The molecule has 1 fully saturated rings. The third-order valence-electron chi connectivity index (χ3n) is 3.03. The molecule has 0 radical (unpaired) electrons. The Bertz CT molecular complexity index is 900. The second-order valence-electron chi connectivity index (χ2n) is 4.79. The minimum Gasteiger partial charge on any atom is -0.506 e. The summed E-state index contributed by atoms with van der Waals surface area (Å²) in [5, 5.41) is 13.4. The molecule has 0 atom stereocenters. The van der Waals surface area contributed by atoms with E-state index < -0.39 is 0 Å². The standard InChI is InChI=1S/C16H9BrI2N2O2S/c17-9-2-1-3-11(6-9)20-16-21-15(23)13(24-16)5-8-4-10(18)7-12(19)14(8)22/h1-7,22H,(H,20,21,23)/b13-5-. The molecular formula is C16H9BrI2N2O2S. The zero-order valence-electron chi connectivity index (χ0n) is 11.9. The van der Waals surface area contributed by atoms with Crippen molar-refractivity contribution in [3.8, 4) is 5.75 Å². The van der Waals surface area contributed by atoms with Crippen molar-refractivity contribution in [1.82, 2.24) is 5.32 Å². The number of thioether (sulfide) groups is 1. The van der Waals surface area contributed by atoms with E-state index in [-0.39, 0.29) is 11.7 Å². The van der Waals surface area contributed by atoms with Gasteiger partial charge in [0.05, 0.1) is 14.2 Å². The smallest absolute Gasteiger partial charge is 0.264 e. The first-order chi connectivity index (χ1) is 11.4. The molecule has 0 aliphatic carbocycles. The molecule has 0 saturated carbocycles. The molecule has 2 N–H and O–H groups in total. The van der Waals surface area contributed by atoms with Crippen molar-refractivity contribution in [3.05, 3.63) is 58.5 Å². The number of aromatic hydroxyl groups is 1. The van der Waals surface area contributed by atoms with E-state index in [1.165, 1.54) is 11.8 Å². The Morgan fingerprint density at radius 2 is 2.04 bits per heavy atom. The molecule has 1 aliphatic heterocycles. The van der Waals surface area contributed by atoms with Gasteiger partial charge >= 0.3 is 0 Å². The highest BCUT2D eigenvalue weighted by Crippen LogP contribution is 2.33. The van der Waals surface area contributed by atoms with Crippen LogP contribution in [-0.4, -0.2) is 16.2 Å². The number of aliphatic imine (C=N–C) groups is 1. The number of nitrogens with one attached hydrogen (secondary N) is 1. The zero-order chi connectivity index (χ0) is 17.3. The molecule has 4 nitrogen and oxygen atoms in total. The average molecular weight is 627 g/mol. The predicted molar refractivity (Wildman–Crippen MR) is 118 cm³/mol. The molecule has 2 aromatic rings. The van der Waals surface area contributed by atoms with Crippen molar-refractivity contribution in [3.63, 3.8) is 0 Å². The Balaban J connectivity index is 1.90. The molecule has 2 aromatic carbocycles. The van der Waals surface area contributed by atoms with Gasteiger partial charge in [-0.15, -0.1) is 0 Å². The third kappa shape index (κ3) is 4.33. The maximum Gasteiger partial charge on any atom is 0.264 e. The van der Waals surface area contributed by atoms with Gasteiger partial charge in [-0.25, -0.2) is 4.99 Å². The molecule has 1 amide bonds. The van der Waals surface area contributed by atoms with E-state index in [0.717, 1.165) is 17.3 Å². The van der Waals surface area contributed by atoms with E-state index in [1.54, 1.807) is 6.08 Å². The number of hydrogen-bond donors (Lipinski definition) is 2. The summed E-state index contributed by atoms with van der Waals surface area (Å²) < 4.78 is 2.67. The minimum absolute atomic E-state index is 0.175. The fourth-order valence-corrected chi connectivity index (χ4v) is 5.09. The van der Waals surface area contributed by atoms with Crippen molar-refractivity contribution in [2.24, 2.45) is 4.99 Å². The lowest BCUT2D eigenvalue weighted by atomic mass is 10.2. The summed E-state index contributed by atoms with van der Waals surface area (Å²) in [6.45, 7) is 0. The van der Waals surface area contributed by atoms with Crippen LogP contribution in [0.5, 0.6) is 5.75 Å². The summed E-state index contributed by atoms with van der Waals surface area (Å²) in [6.07, 6.45) is 1.68. The van der Waals surface area contributed by atoms with E-state index in [1.807, 2.05) is 36.4 Å². The van der Waals surface area contributed by atoms with Crippen LogP contribution >= 0.6 is 72.9 Å². The van der Waals surface area contributed by atoms with E-state index >= 15 is 0 Å². The predicted octanol–water partition coefficient (Wildman–Crippen LogP) is 5.26. The van der Waals surface area contributed by atoms with Gasteiger partial charge in [0, 0.05) is 13.6 Å². The Morgan fingerprint density at radius 3 is 2.79 bits per heavy atom. The number of benzene rings is 2. The average Bonchev–Trinajstić information content (AvgIpc) is 2.84. The highest BCUT2D eigenvalue weighted by molar-refractivity contribution is 14.1. The number of amides is 1. The Morgan fingerprint density at radius 1 is 1.25 bits per heavy atom. The summed E-state index contributed by atoms with van der Waals surface area (Å²) in [4.78, 5) is 17.1. The first-order valence-corrected chi connectivity index (χ1v) is 10.4. The van der Waals surface area contributed by atoms with Crippen LogP contribution in [0.2, 0.25) is 0 Å². The van der Waals surface area contributed by atoms with Gasteiger partial charge in [-0.3, -0.25) is 4.79 Å². The van der Waals surface area contributed by atoms with Crippen LogP contribution in [0.1, 0.15) is 5.56 Å². The molecule has 0 unspecified atom stereocenters. The van der Waals surface area contributed by atoms with Crippen LogP contribution in [0.4, 0.5) is 5.69 Å². The quantitative estimate of drug-likeness (QED) is 0.354. The number of rotatable bonds is 2. The van der Waals surface area contributed by atoms with Gasteiger partial charge in [0.2, 0.25) is 0 Å². The highest BCUT2D eigenvalue weighted by atomic mass is 127. The molecule has 1 saturated heterocycles. The summed E-state index contributed by atoms with van der Waals surface area (Å²) in [5.74, 6) is -0.0451. The van der Waals surface area contributed by atoms with Crippen LogP contribution in [0.15, 0.2) is 50.8 Å². The Kier molecular flexibility index (Phi) is 5.88. The van der Waals surface area contributed by atoms with Crippen LogP contribution < -0.4 is 5.32 Å². The van der Waals surface area contributed by atoms with Gasteiger partial charge < -0.3 is 10.4 Å². The molecule has 1 aliphatic rings. The van der Waals surface area contributed by atoms with Crippen molar-refractivity contribution < 1.29 is 9.90 Å². The van der Waals surface area contributed by atoms with Gasteiger partial charge in [0.15, 0.2) is 5.17 Å². The maximum absolute atomic E-state index is 12.2. The van der Waals surface area contributed by atoms with Crippen LogP contribution in [-0.2, 0) is 4.79 Å². The van der Waals surface area contributed by atoms with Crippen molar-refractivity contribution in [2.45, 2.75) is 0 Å². The second-order valence-corrected chi connectivity index (χ2v) is 9.14. The molecular weight excluding hydrogens is 618 g/mol. The molecule has 24 heavy (non-hydrogen) atoms. The molecule has 122 valence electrons. The van der Waals surface area contributed by atoms with Crippen LogP contribution in [0, 0.1) is 7.14 Å². The SMILES string of the molecule is O=C1NC(=Nc2cccc(Br)c2)S/C1=C\c1cc(I)cc(I)c1O. The second kappa shape index (κ2) is 7.75. The number of nitrogens with zero attached hydrogens (tertiary/aromatic N) is 1. The summed E-state index contributed by atoms with van der Waals surface area (Å²) >= 11 is 8.90.